The van der Waals surface area contributed by atoms with Crippen LogP contribution in [0.4, 0.5) is 5.69 Å². The number of carbonyl (C=O) groups is 1. The van der Waals surface area contributed by atoms with Gasteiger partial charge in [0.1, 0.15) is 11.5 Å². The fourth-order valence-corrected chi connectivity index (χ4v) is 2.01. The van der Waals surface area contributed by atoms with Gasteiger partial charge in [0.25, 0.3) is 5.91 Å². The van der Waals surface area contributed by atoms with Gasteiger partial charge in [-0.3, -0.25) is 10.6 Å². The predicted molar refractivity (Wildman–Crippen MR) is 78.3 cm³/mol. The van der Waals surface area contributed by atoms with Crippen LogP contribution in [0.2, 0.25) is 0 Å². The summed E-state index contributed by atoms with van der Waals surface area (Å²) in [6.07, 6.45) is 0. The molecule has 1 aromatic heterocycles. The normalized spacial score (nSPS) is 12.0. The van der Waals surface area contributed by atoms with E-state index in [9.17, 15) is 4.79 Å². The molecular formula is C15H19N3O2. The summed E-state index contributed by atoms with van der Waals surface area (Å²) in [5.74, 6) is 6.81. The lowest BCUT2D eigenvalue weighted by molar-refractivity contribution is 0.0936. The van der Waals surface area contributed by atoms with Crippen LogP contribution in [0.1, 0.15) is 40.4 Å². The highest BCUT2D eigenvalue weighted by Gasteiger charge is 2.16. The standard InChI is InChI=1S/C15H19N3O2/c1-9-4-6-12(13(8-9)18-16)15(19)17-11(3)14-7-5-10(2)20-14/h4-8,11,18H,16H2,1-3H3,(H,17,19). The Labute approximate surface area is 118 Å². The molecule has 4 N–H and O–H groups in total. The average molecular weight is 273 g/mol. The minimum Gasteiger partial charge on any atom is -0.464 e. The summed E-state index contributed by atoms with van der Waals surface area (Å²) in [4.78, 5) is 12.3. The first-order valence-electron chi connectivity index (χ1n) is 6.45. The van der Waals surface area contributed by atoms with E-state index in [1.165, 1.54) is 0 Å². The Morgan fingerprint density at radius 3 is 2.60 bits per heavy atom. The molecule has 0 bridgehead atoms. The Balaban J connectivity index is 2.16. The summed E-state index contributed by atoms with van der Waals surface area (Å²) in [6, 6.07) is 8.98. The second-order valence-corrected chi connectivity index (χ2v) is 4.84. The maximum Gasteiger partial charge on any atom is 0.254 e. The van der Waals surface area contributed by atoms with E-state index >= 15 is 0 Å². The minimum absolute atomic E-state index is 0.195. The first kappa shape index (κ1) is 14.1. The molecule has 1 aromatic carbocycles. The lowest BCUT2D eigenvalue weighted by Gasteiger charge is -2.14. The summed E-state index contributed by atoms with van der Waals surface area (Å²) >= 11 is 0. The molecule has 0 saturated carbocycles. The zero-order valence-corrected chi connectivity index (χ0v) is 11.9. The molecule has 1 amide bonds. The number of carbonyl (C=O) groups excluding carboxylic acids is 1. The number of hydrazine groups is 1. The molecule has 1 atom stereocenters. The van der Waals surface area contributed by atoms with Crippen molar-refractivity contribution in [1.29, 1.82) is 0 Å². The molecule has 0 aliphatic rings. The van der Waals surface area contributed by atoms with E-state index in [2.05, 4.69) is 10.7 Å². The van der Waals surface area contributed by atoms with Gasteiger partial charge >= 0.3 is 0 Å². The highest BCUT2D eigenvalue weighted by molar-refractivity contribution is 5.99. The molecular weight excluding hydrogens is 254 g/mol. The zero-order valence-electron chi connectivity index (χ0n) is 11.9. The number of nitrogens with one attached hydrogen (secondary N) is 2. The summed E-state index contributed by atoms with van der Waals surface area (Å²) in [6.45, 7) is 5.69. The van der Waals surface area contributed by atoms with Gasteiger partial charge in [-0.1, -0.05) is 6.07 Å². The number of nitrogen functional groups attached to an aromatic ring is 1. The third-order valence-electron chi connectivity index (χ3n) is 3.11. The van der Waals surface area contributed by atoms with Gasteiger partial charge in [0.05, 0.1) is 17.3 Å². The maximum absolute atomic E-state index is 12.3. The molecule has 5 nitrogen and oxygen atoms in total. The van der Waals surface area contributed by atoms with Crippen molar-refractivity contribution in [2.75, 3.05) is 5.43 Å². The first-order chi connectivity index (χ1) is 9.51. The number of furan rings is 1. The van der Waals surface area contributed by atoms with Gasteiger partial charge in [-0.15, -0.1) is 0 Å². The Morgan fingerprint density at radius 1 is 1.25 bits per heavy atom. The second kappa shape index (κ2) is 5.79. The van der Waals surface area contributed by atoms with Crippen LogP contribution >= 0.6 is 0 Å². The predicted octanol–water partition coefficient (Wildman–Crippen LogP) is 2.67. The summed E-state index contributed by atoms with van der Waals surface area (Å²) in [5, 5.41) is 2.89. The van der Waals surface area contributed by atoms with Crippen molar-refractivity contribution in [2.24, 2.45) is 5.84 Å². The van der Waals surface area contributed by atoms with E-state index in [1.54, 1.807) is 6.07 Å². The smallest absolute Gasteiger partial charge is 0.254 e. The molecule has 106 valence electrons. The SMILES string of the molecule is Cc1ccc(C(=O)NC(C)c2ccc(C)o2)c(NN)c1. The average Bonchev–Trinajstić information content (AvgIpc) is 2.85. The van der Waals surface area contributed by atoms with E-state index in [0.717, 1.165) is 17.1 Å². The van der Waals surface area contributed by atoms with E-state index in [0.29, 0.717) is 11.3 Å². The molecule has 20 heavy (non-hydrogen) atoms. The van der Waals surface area contributed by atoms with Crippen molar-refractivity contribution in [3.8, 4) is 0 Å². The molecule has 1 heterocycles. The van der Waals surface area contributed by atoms with Gasteiger partial charge in [-0.2, -0.15) is 0 Å². The maximum atomic E-state index is 12.3. The lowest BCUT2D eigenvalue weighted by Crippen LogP contribution is -2.27. The number of hydrogen-bond acceptors (Lipinski definition) is 4. The van der Waals surface area contributed by atoms with E-state index in [1.807, 2.05) is 45.0 Å². The molecule has 1 unspecified atom stereocenters. The van der Waals surface area contributed by atoms with Crippen LogP contribution in [0.3, 0.4) is 0 Å². The number of anilines is 1. The van der Waals surface area contributed by atoms with Crippen molar-refractivity contribution in [1.82, 2.24) is 5.32 Å². The molecule has 0 spiro atoms. The van der Waals surface area contributed by atoms with Gasteiger partial charge in [-0.05, 0) is 50.6 Å². The first-order valence-corrected chi connectivity index (χ1v) is 6.45. The molecule has 2 rings (SSSR count). The quantitative estimate of drug-likeness (QED) is 0.591. The van der Waals surface area contributed by atoms with Crippen molar-refractivity contribution < 1.29 is 9.21 Å². The molecule has 0 aliphatic heterocycles. The molecule has 5 heteroatoms. The van der Waals surface area contributed by atoms with Crippen molar-refractivity contribution in [2.45, 2.75) is 26.8 Å². The van der Waals surface area contributed by atoms with Crippen LogP contribution in [0.25, 0.3) is 0 Å². The number of aryl methyl sites for hydroxylation is 2. The third-order valence-corrected chi connectivity index (χ3v) is 3.11. The van der Waals surface area contributed by atoms with Gasteiger partial charge in [0, 0.05) is 0 Å². The van der Waals surface area contributed by atoms with Gasteiger partial charge in [-0.25, -0.2) is 0 Å². The van der Waals surface area contributed by atoms with Crippen molar-refractivity contribution in [3.63, 3.8) is 0 Å². The second-order valence-electron chi connectivity index (χ2n) is 4.84. The summed E-state index contributed by atoms with van der Waals surface area (Å²) in [5.41, 5.74) is 4.69. The van der Waals surface area contributed by atoms with Crippen LogP contribution in [0.15, 0.2) is 34.7 Å². The van der Waals surface area contributed by atoms with E-state index in [-0.39, 0.29) is 11.9 Å². The molecule has 2 aromatic rings. The van der Waals surface area contributed by atoms with Crippen molar-refractivity contribution in [3.05, 3.63) is 53.0 Å². The number of rotatable bonds is 4. The zero-order chi connectivity index (χ0) is 14.7. The van der Waals surface area contributed by atoms with Gasteiger partial charge < -0.3 is 15.2 Å². The lowest BCUT2D eigenvalue weighted by atomic mass is 10.1. The van der Waals surface area contributed by atoms with Gasteiger partial charge in [0.15, 0.2) is 0 Å². The van der Waals surface area contributed by atoms with E-state index in [4.69, 9.17) is 10.3 Å². The largest absolute Gasteiger partial charge is 0.464 e. The van der Waals surface area contributed by atoms with Crippen LogP contribution in [-0.2, 0) is 0 Å². The molecule has 0 saturated heterocycles. The number of hydrogen-bond donors (Lipinski definition) is 3. The fraction of sp³-hybridized carbons (Fsp3) is 0.267. The third kappa shape index (κ3) is 3.00. The summed E-state index contributed by atoms with van der Waals surface area (Å²) < 4.78 is 5.50. The Hall–Kier alpha value is -2.27. The molecule has 0 radical (unpaired) electrons. The number of benzene rings is 1. The topological polar surface area (TPSA) is 80.3 Å². The molecule has 0 fully saturated rings. The van der Waals surface area contributed by atoms with Crippen molar-refractivity contribution >= 4 is 11.6 Å². The number of nitrogens with two attached hydrogens (primary N) is 1. The summed E-state index contributed by atoms with van der Waals surface area (Å²) in [7, 11) is 0. The highest BCUT2D eigenvalue weighted by Crippen LogP contribution is 2.19. The van der Waals surface area contributed by atoms with E-state index < -0.39 is 0 Å². The molecule has 0 aliphatic carbocycles. The fourth-order valence-electron chi connectivity index (χ4n) is 2.01. The highest BCUT2D eigenvalue weighted by atomic mass is 16.3. The number of amides is 1. The van der Waals surface area contributed by atoms with Crippen LogP contribution in [0.5, 0.6) is 0 Å². The van der Waals surface area contributed by atoms with Gasteiger partial charge in [0.2, 0.25) is 0 Å². The Kier molecular flexibility index (Phi) is 4.10. The van der Waals surface area contributed by atoms with Crippen LogP contribution in [0, 0.1) is 13.8 Å². The Bertz CT molecular complexity index is 619. The minimum atomic E-state index is -0.205. The monoisotopic (exact) mass is 273 g/mol. The Morgan fingerprint density at radius 2 is 2.00 bits per heavy atom. The van der Waals surface area contributed by atoms with Crippen LogP contribution in [-0.4, -0.2) is 5.91 Å². The van der Waals surface area contributed by atoms with Crippen LogP contribution < -0.4 is 16.6 Å².